The van der Waals surface area contributed by atoms with Crippen molar-refractivity contribution in [3.63, 3.8) is 0 Å². The van der Waals surface area contributed by atoms with Crippen molar-refractivity contribution in [2.45, 2.75) is 13.0 Å². The van der Waals surface area contributed by atoms with Gasteiger partial charge in [-0.1, -0.05) is 12.1 Å². The Morgan fingerprint density at radius 3 is 2.65 bits per heavy atom. The van der Waals surface area contributed by atoms with Crippen molar-refractivity contribution in [3.8, 4) is 5.75 Å². The van der Waals surface area contributed by atoms with Crippen LogP contribution in [0.15, 0.2) is 30.3 Å². The van der Waals surface area contributed by atoms with Crippen molar-refractivity contribution in [1.82, 2.24) is 10.2 Å². The Kier molecular flexibility index (Phi) is 3.84. The van der Waals surface area contributed by atoms with Crippen LogP contribution < -0.4 is 5.32 Å². The summed E-state index contributed by atoms with van der Waals surface area (Å²) in [6, 6.07) is 5.63. The quantitative estimate of drug-likeness (QED) is 0.599. The van der Waals surface area contributed by atoms with Crippen molar-refractivity contribution in [1.29, 1.82) is 0 Å². The first-order chi connectivity index (χ1) is 9.47. The first-order valence-corrected chi connectivity index (χ1v) is 6.09. The molecule has 6 nitrogen and oxygen atoms in total. The molecule has 0 aliphatic carbocycles. The molecule has 1 aromatic rings. The molecule has 3 amide bonds. The molecule has 1 heterocycles. The fourth-order valence-corrected chi connectivity index (χ4v) is 1.83. The average molecular weight is 274 g/mol. The molecule has 104 valence electrons. The lowest BCUT2D eigenvalue weighted by atomic mass is 10.1. The average Bonchev–Trinajstić information content (AvgIpc) is 2.42. The number of carbonyl (C=O) groups excluding carboxylic acids is 3. The van der Waals surface area contributed by atoms with Gasteiger partial charge in [0.25, 0.3) is 0 Å². The second-order valence-electron chi connectivity index (χ2n) is 4.48. The van der Waals surface area contributed by atoms with Gasteiger partial charge in [-0.05, 0) is 30.7 Å². The molecule has 0 aromatic heterocycles. The van der Waals surface area contributed by atoms with Gasteiger partial charge in [0.05, 0.1) is 0 Å². The fraction of sp³-hybridized carbons (Fsp3) is 0.214. The SMILES string of the molecule is CC1C(=O)NC(=O)CN1C(=O)C=Cc1ccc(O)cc1. The molecule has 0 saturated carbocycles. The molecule has 2 rings (SSSR count). The molecule has 1 atom stereocenters. The fourth-order valence-electron chi connectivity index (χ4n) is 1.83. The molecule has 0 bridgehead atoms. The van der Waals surface area contributed by atoms with Crippen molar-refractivity contribution < 1.29 is 19.5 Å². The Hall–Kier alpha value is -2.63. The van der Waals surface area contributed by atoms with Crippen molar-refractivity contribution in [3.05, 3.63) is 35.9 Å². The number of amides is 3. The number of nitrogens with one attached hydrogen (secondary N) is 1. The Morgan fingerprint density at radius 2 is 2.00 bits per heavy atom. The summed E-state index contributed by atoms with van der Waals surface area (Å²) in [6.07, 6.45) is 2.86. The number of imide groups is 1. The van der Waals surface area contributed by atoms with Gasteiger partial charge in [-0.2, -0.15) is 0 Å². The van der Waals surface area contributed by atoms with Crippen LogP contribution in [0.5, 0.6) is 5.75 Å². The van der Waals surface area contributed by atoms with E-state index in [1.807, 2.05) is 0 Å². The number of benzene rings is 1. The number of rotatable bonds is 2. The number of piperazine rings is 1. The van der Waals surface area contributed by atoms with Crippen LogP contribution in [0.1, 0.15) is 12.5 Å². The summed E-state index contributed by atoms with van der Waals surface area (Å²) in [5, 5.41) is 11.3. The normalized spacial score (nSPS) is 19.2. The number of hydrogen-bond acceptors (Lipinski definition) is 4. The number of phenols is 1. The first kappa shape index (κ1) is 13.8. The Balaban J connectivity index is 2.09. The second kappa shape index (κ2) is 5.56. The Bertz CT molecular complexity index is 577. The van der Waals surface area contributed by atoms with E-state index < -0.39 is 23.8 Å². The van der Waals surface area contributed by atoms with Gasteiger partial charge in [0.1, 0.15) is 18.3 Å². The van der Waals surface area contributed by atoms with E-state index >= 15 is 0 Å². The molecule has 0 spiro atoms. The summed E-state index contributed by atoms with van der Waals surface area (Å²) in [6.45, 7) is 1.43. The van der Waals surface area contributed by atoms with E-state index in [0.29, 0.717) is 0 Å². The van der Waals surface area contributed by atoms with Gasteiger partial charge >= 0.3 is 0 Å². The molecule has 1 aromatic carbocycles. The molecule has 1 aliphatic rings. The third-order valence-corrected chi connectivity index (χ3v) is 3.02. The van der Waals surface area contributed by atoms with Crippen LogP contribution in [0.3, 0.4) is 0 Å². The van der Waals surface area contributed by atoms with E-state index in [9.17, 15) is 14.4 Å². The monoisotopic (exact) mass is 274 g/mol. The number of hydrogen-bond donors (Lipinski definition) is 2. The lowest BCUT2D eigenvalue weighted by molar-refractivity contribution is -0.147. The van der Waals surface area contributed by atoms with Gasteiger partial charge in [0.2, 0.25) is 17.7 Å². The molecule has 1 aliphatic heterocycles. The number of phenolic OH excluding ortho intramolecular Hbond substituents is 1. The lowest BCUT2D eigenvalue weighted by Crippen LogP contribution is -2.58. The minimum Gasteiger partial charge on any atom is -0.508 e. The van der Waals surface area contributed by atoms with Crippen LogP contribution in [0, 0.1) is 0 Å². The molecule has 20 heavy (non-hydrogen) atoms. The highest BCUT2D eigenvalue weighted by atomic mass is 16.3. The maximum absolute atomic E-state index is 12.0. The Morgan fingerprint density at radius 1 is 1.35 bits per heavy atom. The number of nitrogens with zero attached hydrogens (tertiary/aromatic N) is 1. The third kappa shape index (κ3) is 3.03. The standard InChI is InChI=1S/C14H14N2O4/c1-9-14(20)15-12(18)8-16(9)13(19)7-4-10-2-5-11(17)6-3-10/h2-7,9,17H,8H2,1H3,(H,15,18,20). The molecular formula is C14H14N2O4. The van der Waals surface area contributed by atoms with Crippen molar-refractivity contribution >= 4 is 23.8 Å². The molecule has 2 N–H and O–H groups in total. The summed E-state index contributed by atoms with van der Waals surface area (Å²) in [5.74, 6) is -1.23. The molecular weight excluding hydrogens is 260 g/mol. The summed E-state index contributed by atoms with van der Waals surface area (Å²) in [5.41, 5.74) is 0.733. The number of aromatic hydroxyl groups is 1. The van der Waals surface area contributed by atoms with E-state index in [4.69, 9.17) is 5.11 Å². The van der Waals surface area contributed by atoms with Gasteiger partial charge in [-0.15, -0.1) is 0 Å². The number of carbonyl (C=O) groups is 3. The van der Waals surface area contributed by atoms with Gasteiger partial charge in [0, 0.05) is 6.08 Å². The van der Waals surface area contributed by atoms with Gasteiger partial charge in [-0.3, -0.25) is 19.7 Å². The summed E-state index contributed by atoms with van der Waals surface area (Å²) in [4.78, 5) is 35.9. The predicted octanol–water partition coefficient (Wildman–Crippen LogP) is 0.279. The zero-order chi connectivity index (χ0) is 14.7. The zero-order valence-electron chi connectivity index (χ0n) is 10.9. The molecule has 0 radical (unpaired) electrons. The molecule has 1 saturated heterocycles. The maximum Gasteiger partial charge on any atom is 0.249 e. The lowest BCUT2D eigenvalue weighted by Gasteiger charge is -2.30. The molecule has 6 heteroatoms. The van der Waals surface area contributed by atoms with Crippen LogP contribution in [0.2, 0.25) is 0 Å². The van der Waals surface area contributed by atoms with E-state index in [2.05, 4.69) is 5.32 Å². The van der Waals surface area contributed by atoms with E-state index in [0.717, 1.165) is 5.56 Å². The van der Waals surface area contributed by atoms with E-state index in [1.54, 1.807) is 25.1 Å². The van der Waals surface area contributed by atoms with Crippen LogP contribution in [0.25, 0.3) is 6.08 Å². The Labute approximate surface area is 115 Å². The van der Waals surface area contributed by atoms with Gasteiger partial charge in [0.15, 0.2) is 0 Å². The van der Waals surface area contributed by atoms with Crippen LogP contribution in [0.4, 0.5) is 0 Å². The second-order valence-corrected chi connectivity index (χ2v) is 4.48. The van der Waals surface area contributed by atoms with E-state index in [1.165, 1.54) is 23.1 Å². The molecule has 1 unspecified atom stereocenters. The highest BCUT2D eigenvalue weighted by Gasteiger charge is 2.32. The van der Waals surface area contributed by atoms with Crippen LogP contribution in [-0.4, -0.2) is 40.3 Å². The predicted molar refractivity (Wildman–Crippen MR) is 71.5 cm³/mol. The van der Waals surface area contributed by atoms with E-state index in [-0.39, 0.29) is 12.3 Å². The largest absolute Gasteiger partial charge is 0.508 e. The topological polar surface area (TPSA) is 86.7 Å². The maximum atomic E-state index is 12.0. The zero-order valence-corrected chi connectivity index (χ0v) is 10.9. The van der Waals surface area contributed by atoms with Crippen LogP contribution in [-0.2, 0) is 14.4 Å². The van der Waals surface area contributed by atoms with Gasteiger partial charge in [-0.25, -0.2) is 0 Å². The summed E-state index contributed by atoms with van der Waals surface area (Å²) < 4.78 is 0. The summed E-state index contributed by atoms with van der Waals surface area (Å²) in [7, 11) is 0. The summed E-state index contributed by atoms with van der Waals surface area (Å²) >= 11 is 0. The first-order valence-electron chi connectivity index (χ1n) is 6.09. The van der Waals surface area contributed by atoms with Crippen LogP contribution >= 0.6 is 0 Å². The highest BCUT2D eigenvalue weighted by molar-refractivity contribution is 6.06. The smallest absolute Gasteiger partial charge is 0.249 e. The van der Waals surface area contributed by atoms with Crippen molar-refractivity contribution in [2.75, 3.05) is 6.54 Å². The minimum absolute atomic E-state index is 0.133. The highest BCUT2D eigenvalue weighted by Crippen LogP contribution is 2.12. The van der Waals surface area contributed by atoms with Gasteiger partial charge < -0.3 is 10.0 Å². The molecule has 1 fully saturated rings. The van der Waals surface area contributed by atoms with Crippen molar-refractivity contribution in [2.24, 2.45) is 0 Å². The minimum atomic E-state index is -0.676. The third-order valence-electron chi connectivity index (χ3n) is 3.02.